The standard InChI is InChI=1S/C21H20N2O8/c22-21(29)23-13-4-2-1-3-10(13)5-6-11-7-8-12(9-14(11)23)30-20-17(26)15(24)16(25)18(31-20)19(27)28/h1-9,15-18,20,24-26H,(H2,22,29)(H,27,28)/t15-,16-,17+,18-,20+/m0/s1. The molecule has 10 nitrogen and oxygen atoms in total. The van der Waals surface area contributed by atoms with Crippen molar-refractivity contribution in [2.75, 3.05) is 4.90 Å². The monoisotopic (exact) mass is 428 g/mol. The fourth-order valence-electron chi connectivity index (χ4n) is 3.59. The van der Waals surface area contributed by atoms with Gasteiger partial charge in [0, 0.05) is 6.07 Å². The molecule has 2 aliphatic heterocycles. The number of fused-ring (bicyclic) bond motifs is 2. The van der Waals surface area contributed by atoms with Gasteiger partial charge in [-0.05, 0) is 29.3 Å². The lowest BCUT2D eigenvalue weighted by atomic mass is 9.99. The molecule has 2 aliphatic rings. The SMILES string of the molecule is NC(=O)N1c2ccccc2C=Cc2ccc(O[C@@H]3O[C@H](C(=O)O)[C@@H](O)[C@H](O)[C@H]3O)cc21. The van der Waals surface area contributed by atoms with Crippen molar-refractivity contribution in [1.82, 2.24) is 0 Å². The molecule has 0 unspecified atom stereocenters. The molecule has 0 aromatic heterocycles. The van der Waals surface area contributed by atoms with Crippen LogP contribution in [0.15, 0.2) is 42.5 Å². The van der Waals surface area contributed by atoms with Crippen LogP contribution in [-0.2, 0) is 9.53 Å². The highest BCUT2D eigenvalue weighted by Crippen LogP contribution is 2.38. The van der Waals surface area contributed by atoms with E-state index in [1.54, 1.807) is 24.3 Å². The molecule has 10 heteroatoms. The Balaban J connectivity index is 1.68. The molecule has 162 valence electrons. The van der Waals surface area contributed by atoms with Crippen LogP contribution in [0, 0.1) is 0 Å². The predicted molar refractivity (Wildman–Crippen MR) is 108 cm³/mol. The molecule has 31 heavy (non-hydrogen) atoms. The Morgan fingerprint density at radius 2 is 1.61 bits per heavy atom. The zero-order valence-electron chi connectivity index (χ0n) is 16.0. The highest BCUT2D eigenvalue weighted by atomic mass is 16.7. The highest BCUT2D eigenvalue weighted by Gasteiger charge is 2.48. The number of nitrogens with zero attached hydrogens (tertiary/aromatic N) is 1. The highest BCUT2D eigenvalue weighted by molar-refractivity contribution is 6.05. The third-order valence-corrected chi connectivity index (χ3v) is 5.15. The van der Waals surface area contributed by atoms with E-state index in [-0.39, 0.29) is 5.75 Å². The molecular weight excluding hydrogens is 408 g/mol. The number of para-hydroxylation sites is 1. The first-order chi connectivity index (χ1) is 14.8. The van der Waals surface area contributed by atoms with Crippen molar-refractivity contribution in [3.8, 4) is 5.75 Å². The molecule has 6 N–H and O–H groups in total. The van der Waals surface area contributed by atoms with Crippen LogP contribution in [0.4, 0.5) is 16.2 Å². The Bertz CT molecular complexity index is 1060. The van der Waals surface area contributed by atoms with Gasteiger partial charge in [0.2, 0.25) is 6.29 Å². The topological polar surface area (TPSA) is 163 Å². The number of nitrogens with two attached hydrogens (primary N) is 1. The van der Waals surface area contributed by atoms with Gasteiger partial charge in [0.15, 0.2) is 6.10 Å². The summed E-state index contributed by atoms with van der Waals surface area (Å²) in [5, 5.41) is 39.1. The second-order valence-electron chi connectivity index (χ2n) is 7.14. The molecule has 4 rings (SSSR count). The second kappa shape index (κ2) is 8.00. The summed E-state index contributed by atoms with van der Waals surface area (Å²) in [6, 6.07) is 11.1. The van der Waals surface area contributed by atoms with Crippen molar-refractivity contribution in [2.45, 2.75) is 30.7 Å². The van der Waals surface area contributed by atoms with Crippen molar-refractivity contribution in [3.63, 3.8) is 0 Å². The van der Waals surface area contributed by atoms with Crippen LogP contribution in [0.1, 0.15) is 11.1 Å². The molecule has 0 spiro atoms. The lowest BCUT2D eigenvalue weighted by Crippen LogP contribution is -2.61. The number of hydrogen-bond donors (Lipinski definition) is 5. The number of hydrogen-bond acceptors (Lipinski definition) is 7. The summed E-state index contributed by atoms with van der Waals surface area (Å²) >= 11 is 0. The van der Waals surface area contributed by atoms with Gasteiger partial charge < -0.3 is 35.6 Å². The number of rotatable bonds is 3. The Morgan fingerprint density at radius 3 is 2.29 bits per heavy atom. The van der Waals surface area contributed by atoms with Crippen LogP contribution in [0.2, 0.25) is 0 Å². The van der Waals surface area contributed by atoms with Crippen LogP contribution in [-0.4, -0.2) is 63.1 Å². The molecule has 1 fully saturated rings. The van der Waals surface area contributed by atoms with E-state index in [1.807, 2.05) is 18.2 Å². The molecule has 0 saturated carbocycles. The molecule has 0 aliphatic carbocycles. The van der Waals surface area contributed by atoms with E-state index in [9.17, 15) is 30.0 Å². The summed E-state index contributed by atoms with van der Waals surface area (Å²) in [5.74, 6) is -1.40. The largest absolute Gasteiger partial charge is 0.479 e. The number of amides is 2. The Kier molecular flexibility index (Phi) is 5.38. The van der Waals surface area contributed by atoms with E-state index >= 15 is 0 Å². The number of carboxylic acid groups (broad SMARTS) is 1. The number of aliphatic hydroxyl groups is 3. The number of aliphatic carboxylic acids is 1. The first-order valence-electron chi connectivity index (χ1n) is 9.38. The average Bonchev–Trinajstić information content (AvgIpc) is 2.90. The number of primary amides is 1. The molecule has 2 amide bonds. The zero-order chi connectivity index (χ0) is 22.3. The number of carboxylic acids is 1. The summed E-state index contributed by atoms with van der Waals surface area (Å²) in [7, 11) is 0. The first-order valence-corrected chi connectivity index (χ1v) is 9.38. The molecule has 5 atom stereocenters. The van der Waals surface area contributed by atoms with Crippen LogP contribution in [0.3, 0.4) is 0 Å². The number of benzene rings is 2. The Labute approximate surface area is 176 Å². The van der Waals surface area contributed by atoms with Crippen LogP contribution in [0.5, 0.6) is 5.75 Å². The summed E-state index contributed by atoms with van der Waals surface area (Å²) in [4.78, 5) is 24.9. The summed E-state index contributed by atoms with van der Waals surface area (Å²) in [5.41, 5.74) is 8.02. The van der Waals surface area contributed by atoms with Crippen molar-refractivity contribution in [2.24, 2.45) is 5.73 Å². The quantitative estimate of drug-likeness (QED) is 0.476. The smallest absolute Gasteiger partial charge is 0.335 e. The van der Waals surface area contributed by atoms with Gasteiger partial charge >= 0.3 is 12.0 Å². The number of anilines is 2. The minimum atomic E-state index is -1.83. The van der Waals surface area contributed by atoms with E-state index < -0.39 is 42.7 Å². The molecule has 1 saturated heterocycles. The van der Waals surface area contributed by atoms with Gasteiger partial charge in [0.1, 0.15) is 24.1 Å². The predicted octanol–water partition coefficient (Wildman–Crippen LogP) is 0.658. The maximum atomic E-state index is 12.3. The molecular formula is C21H20N2O8. The van der Waals surface area contributed by atoms with E-state index in [0.29, 0.717) is 16.9 Å². The molecule has 2 heterocycles. The molecule has 0 radical (unpaired) electrons. The van der Waals surface area contributed by atoms with Gasteiger partial charge in [-0.2, -0.15) is 0 Å². The third-order valence-electron chi connectivity index (χ3n) is 5.15. The van der Waals surface area contributed by atoms with Crippen molar-refractivity contribution in [1.29, 1.82) is 0 Å². The summed E-state index contributed by atoms with van der Waals surface area (Å²) in [6.45, 7) is 0. The van der Waals surface area contributed by atoms with Crippen molar-refractivity contribution in [3.05, 3.63) is 53.6 Å². The zero-order valence-corrected chi connectivity index (χ0v) is 16.0. The van der Waals surface area contributed by atoms with Gasteiger partial charge in [-0.15, -0.1) is 0 Å². The van der Waals surface area contributed by atoms with Gasteiger partial charge in [0.05, 0.1) is 11.4 Å². The van der Waals surface area contributed by atoms with E-state index in [1.165, 1.54) is 17.0 Å². The fraction of sp³-hybridized carbons (Fsp3) is 0.238. The Morgan fingerprint density at radius 1 is 0.935 bits per heavy atom. The second-order valence-corrected chi connectivity index (χ2v) is 7.14. The average molecular weight is 428 g/mol. The fourth-order valence-corrected chi connectivity index (χ4v) is 3.59. The minimum Gasteiger partial charge on any atom is -0.479 e. The first kappa shape index (κ1) is 20.8. The summed E-state index contributed by atoms with van der Waals surface area (Å²) < 4.78 is 10.7. The maximum absolute atomic E-state index is 12.3. The number of urea groups is 1. The molecule has 2 aromatic rings. The lowest BCUT2D eigenvalue weighted by Gasteiger charge is -2.38. The van der Waals surface area contributed by atoms with Gasteiger partial charge in [-0.1, -0.05) is 30.4 Å². The Hall–Kier alpha value is -3.44. The minimum absolute atomic E-state index is 0.120. The number of ether oxygens (including phenoxy) is 2. The normalized spacial score (nSPS) is 27.1. The van der Waals surface area contributed by atoms with Gasteiger partial charge in [0.25, 0.3) is 0 Å². The number of carbonyl (C=O) groups excluding carboxylic acids is 1. The van der Waals surface area contributed by atoms with Crippen LogP contribution >= 0.6 is 0 Å². The third kappa shape index (κ3) is 3.73. The van der Waals surface area contributed by atoms with Gasteiger partial charge in [-0.3, -0.25) is 4.90 Å². The van der Waals surface area contributed by atoms with Gasteiger partial charge in [-0.25, -0.2) is 9.59 Å². The number of aliphatic hydroxyl groups excluding tert-OH is 3. The van der Waals surface area contributed by atoms with Crippen LogP contribution in [0.25, 0.3) is 12.2 Å². The lowest BCUT2D eigenvalue weighted by molar-refractivity contribution is -0.271. The van der Waals surface area contributed by atoms with Crippen LogP contribution < -0.4 is 15.4 Å². The van der Waals surface area contributed by atoms with Crippen molar-refractivity contribution >= 4 is 35.5 Å². The number of carbonyl (C=O) groups is 2. The molecule has 2 aromatic carbocycles. The maximum Gasteiger partial charge on any atom is 0.335 e. The van der Waals surface area contributed by atoms with E-state index in [4.69, 9.17) is 15.2 Å². The molecule has 0 bridgehead atoms. The summed E-state index contributed by atoms with van der Waals surface area (Å²) in [6.07, 6.45) is -5.07. The van der Waals surface area contributed by atoms with E-state index in [2.05, 4.69) is 0 Å². The van der Waals surface area contributed by atoms with E-state index in [0.717, 1.165) is 5.56 Å². The van der Waals surface area contributed by atoms with Crippen molar-refractivity contribution < 1.29 is 39.5 Å².